The molecular formula is C8H13NO4S. The lowest BCUT2D eigenvalue weighted by molar-refractivity contribution is -0.139. The molecule has 0 saturated carbocycles. The molecule has 0 fully saturated rings. The molecule has 14 heavy (non-hydrogen) atoms. The predicted octanol–water partition coefficient (Wildman–Crippen LogP) is 0.568. The molecule has 0 unspecified atom stereocenters. The van der Waals surface area contributed by atoms with Gasteiger partial charge < -0.3 is 5.11 Å². The van der Waals surface area contributed by atoms with Crippen LogP contribution in [-0.4, -0.2) is 30.0 Å². The summed E-state index contributed by atoms with van der Waals surface area (Å²) in [5.41, 5.74) is 0. The molecule has 0 aromatic heterocycles. The zero-order valence-electron chi connectivity index (χ0n) is 8.15. The topological polar surface area (TPSA) is 95.2 Å². The fourth-order valence-corrected chi connectivity index (χ4v) is 2.03. The van der Waals surface area contributed by atoms with Crippen molar-refractivity contribution in [2.24, 2.45) is 0 Å². The van der Waals surface area contributed by atoms with E-state index in [0.717, 1.165) is 13.8 Å². The molecule has 0 heterocycles. The average Bonchev–Trinajstić information content (AvgIpc) is 2.04. The Morgan fingerprint density at radius 2 is 2.00 bits per heavy atom. The molecule has 5 nitrogen and oxygen atoms in total. The van der Waals surface area contributed by atoms with E-state index in [2.05, 4.69) is 0 Å². The van der Waals surface area contributed by atoms with E-state index < -0.39 is 20.6 Å². The molecule has 0 aromatic rings. The molecule has 0 radical (unpaired) electrons. The van der Waals surface area contributed by atoms with Crippen LogP contribution < -0.4 is 0 Å². The number of carbonyl (C=O) groups is 1. The van der Waals surface area contributed by atoms with Crippen LogP contribution in [-0.2, 0) is 14.6 Å². The number of rotatable bonds is 5. The maximum atomic E-state index is 11.5. The molecule has 0 atom stereocenters. The second kappa shape index (κ2) is 4.42. The van der Waals surface area contributed by atoms with Gasteiger partial charge in [-0.2, -0.15) is 5.26 Å². The molecule has 0 rings (SSSR count). The lowest BCUT2D eigenvalue weighted by Crippen LogP contribution is -2.41. The van der Waals surface area contributed by atoms with E-state index in [4.69, 9.17) is 10.4 Å². The largest absolute Gasteiger partial charge is 0.480 e. The monoisotopic (exact) mass is 219 g/mol. The SMILES string of the molecule is CC(C)(C(=O)O)S(=O)(=O)CCCC#N. The van der Waals surface area contributed by atoms with Gasteiger partial charge in [-0.3, -0.25) is 4.79 Å². The lowest BCUT2D eigenvalue weighted by atomic mass is 10.2. The van der Waals surface area contributed by atoms with Gasteiger partial charge in [-0.05, 0) is 20.3 Å². The van der Waals surface area contributed by atoms with Gasteiger partial charge in [0.05, 0.1) is 11.8 Å². The van der Waals surface area contributed by atoms with Crippen LogP contribution >= 0.6 is 0 Å². The minimum absolute atomic E-state index is 0.120. The molecule has 0 bridgehead atoms. The molecule has 1 N–H and O–H groups in total. The molecule has 0 aliphatic rings. The molecule has 0 spiro atoms. The molecule has 0 saturated heterocycles. The normalized spacial score (nSPS) is 12.1. The van der Waals surface area contributed by atoms with Crippen molar-refractivity contribution >= 4 is 15.8 Å². The van der Waals surface area contributed by atoms with Gasteiger partial charge in [-0.25, -0.2) is 8.42 Å². The molecule has 0 amide bonds. The van der Waals surface area contributed by atoms with Crippen LogP contribution in [0.2, 0.25) is 0 Å². The summed E-state index contributed by atoms with van der Waals surface area (Å²) in [6, 6.07) is 1.81. The summed E-state index contributed by atoms with van der Waals surface area (Å²) >= 11 is 0. The Labute approximate surface area is 83.3 Å². The Morgan fingerprint density at radius 1 is 1.50 bits per heavy atom. The number of sulfone groups is 1. The lowest BCUT2D eigenvalue weighted by Gasteiger charge is -2.19. The van der Waals surface area contributed by atoms with Gasteiger partial charge in [0.25, 0.3) is 0 Å². The van der Waals surface area contributed by atoms with Gasteiger partial charge in [0.1, 0.15) is 0 Å². The first-order valence-corrected chi connectivity index (χ1v) is 5.73. The van der Waals surface area contributed by atoms with Crippen LogP contribution in [0.1, 0.15) is 26.7 Å². The fourth-order valence-electron chi connectivity index (χ4n) is 0.729. The summed E-state index contributed by atoms with van der Waals surface area (Å²) in [6.07, 6.45) is 0.296. The van der Waals surface area contributed by atoms with Crippen molar-refractivity contribution in [1.82, 2.24) is 0 Å². The highest BCUT2D eigenvalue weighted by atomic mass is 32.2. The van der Waals surface area contributed by atoms with E-state index in [1.54, 1.807) is 0 Å². The van der Waals surface area contributed by atoms with E-state index in [1.165, 1.54) is 0 Å². The van der Waals surface area contributed by atoms with Crippen LogP contribution in [0.4, 0.5) is 0 Å². The summed E-state index contributed by atoms with van der Waals surface area (Å²) < 4.78 is 21.2. The van der Waals surface area contributed by atoms with Gasteiger partial charge in [0.15, 0.2) is 14.6 Å². The van der Waals surface area contributed by atoms with Gasteiger partial charge in [-0.1, -0.05) is 0 Å². The van der Waals surface area contributed by atoms with Crippen molar-refractivity contribution in [3.63, 3.8) is 0 Å². The van der Waals surface area contributed by atoms with E-state index in [0.29, 0.717) is 0 Å². The standard InChI is InChI=1S/C8H13NO4S/c1-8(2,7(10)11)14(12,13)6-4-3-5-9/h3-4,6H2,1-2H3,(H,10,11). The number of nitriles is 1. The molecule has 80 valence electrons. The Hall–Kier alpha value is -1.09. The number of carboxylic acid groups (broad SMARTS) is 1. The number of hydrogen-bond acceptors (Lipinski definition) is 4. The fraction of sp³-hybridized carbons (Fsp3) is 0.750. The van der Waals surface area contributed by atoms with Gasteiger partial charge in [0.2, 0.25) is 0 Å². The number of nitrogens with zero attached hydrogens (tertiary/aromatic N) is 1. The third-order valence-electron chi connectivity index (χ3n) is 1.99. The number of carboxylic acids is 1. The number of hydrogen-bond donors (Lipinski definition) is 1. The zero-order valence-corrected chi connectivity index (χ0v) is 8.97. The van der Waals surface area contributed by atoms with Crippen LogP contribution in [0, 0.1) is 11.3 Å². The highest BCUT2D eigenvalue weighted by Crippen LogP contribution is 2.18. The van der Waals surface area contributed by atoms with Crippen molar-refractivity contribution in [3.8, 4) is 6.07 Å². The summed E-state index contributed by atoms with van der Waals surface area (Å²) in [7, 11) is -3.68. The van der Waals surface area contributed by atoms with Crippen molar-refractivity contribution < 1.29 is 18.3 Å². The van der Waals surface area contributed by atoms with Crippen LogP contribution in [0.5, 0.6) is 0 Å². The number of aliphatic carboxylic acids is 1. The first-order chi connectivity index (χ1) is 6.25. The second-order valence-corrected chi connectivity index (χ2v) is 6.05. The van der Waals surface area contributed by atoms with Gasteiger partial charge in [-0.15, -0.1) is 0 Å². The highest BCUT2D eigenvalue weighted by molar-refractivity contribution is 7.93. The molecule has 0 aliphatic carbocycles. The summed E-state index contributed by atoms with van der Waals surface area (Å²) in [5, 5.41) is 16.9. The third kappa shape index (κ3) is 2.70. The smallest absolute Gasteiger partial charge is 0.324 e. The Bertz CT molecular complexity index is 350. The van der Waals surface area contributed by atoms with Gasteiger partial charge in [0, 0.05) is 6.42 Å². The first-order valence-electron chi connectivity index (χ1n) is 4.08. The quantitative estimate of drug-likeness (QED) is 0.682. The summed E-state index contributed by atoms with van der Waals surface area (Å²) in [4.78, 5) is 10.7. The second-order valence-electron chi connectivity index (χ2n) is 3.40. The Balaban J connectivity index is 4.65. The van der Waals surface area contributed by atoms with E-state index in [1.807, 2.05) is 6.07 Å². The minimum atomic E-state index is -3.68. The summed E-state index contributed by atoms with van der Waals surface area (Å²) in [6.45, 7) is 2.30. The molecule has 0 aromatic carbocycles. The summed E-state index contributed by atoms with van der Waals surface area (Å²) in [5.74, 6) is -1.63. The van der Waals surface area contributed by atoms with E-state index >= 15 is 0 Å². The van der Waals surface area contributed by atoms with Crippen LogP contribution in [0.3, 0.4) is 0 Å². The van der Waals surface area contributed by atoms with Crippen molar-refractivity contribution in [1.29, 1.82) is 5.26 Å². The van der Waals surface area contributed by atoms with Crippen molar-refractivity contribution in [3.05, 3.63) is 0 Å². The molecule has 0 aliphatic heterocycles. The maximum absolute atomic E-state index is 11.5. The zero-order chi connectivity index (χ0) is 11.4. The molecular weight excluding hydrogens is 206 g/mol. The van der Waals surface area contributed by atoms with Crippen LogP contribution in [0.25, 0.3) is 0 Å². The minimum Gasteiger partial charge on any atom is -0.480 e. The van der Waals surface area contributed by atoms with Crippen molar-refractivity contribution in [2.75, 3.05) is 5.75 Å². The predicted molar refractivity (Wildman–Crippen MR) is 50.3 cm³/mol. The Morgan fingerprint density at radius 3 is 2.36 bits per heavy atom. The first kappa shape index (κ1) is 12.9. The van der Waals surface area contributed by atoms with Crippen LogP contribution in [0.15, 0.2) is 0 Å². The Kier molecular flexibility index (Phi) is 4.08. The van der Waals surface area contributed by atoms with Gasteiger partial charge >= 0.3 is 5.97 Å². The van der Waals surface area contributed by atoms with Crippen molar-refractivity contribution in [2.45, 2.75) is 31.4 Å². The third-order valence-corrected chi connectivity index (χ3v) is 4.55. The average molecular weight is 219 g/mol. The van der Waals surface area contributed by atoms with E-state index in [9.17, 15) is 13.2 Å². The molecule has 6 heteroatoms. The highest BCUT2D eigenvalue weighted by Gasteiger charge is 2.41. The maximum Gasteiger partial charge on any atom is 0.324 e. The number of unbranched alkanes of at least 4 members (excludes halogenated alkanes) is 1. The van der Waals surface area contributed by atoms with E-state index in [-0.39, 0.29) is 18.6 Å².